The van der Waals surface area contributed by atoms with E-state index in [0.29, 0.717) is 12.2 Å². The highest BCUT2D eigenvalue weighted by molar-refractivity contribution is 9.10. The number of thioether (sulfide) groups is 1. The van der Waals surface area contributed by atoms with Crippen LogP contribution in [-0.2, 0) is 11.2 Å². The van der Waals surface area contributed by atoms with Gasteiger partial charge in [0, 0.05) is 17.1 Å². The molecule has 1 aromatic heterocycles. The van der Waals surface area contributed by atoms with E-state index >= 15 is 0 Å². The number of halogens is 2. The highest BCUT2D eigenvalue weighted by atomic mass is 79.9. The lowest BCUT2D eigenvalue weighted by atomic mass is 10.1. The quantitative estimate of drug-likeness (QED) is 0.774. The van der Waals surface area contributed by atoms with Crippen LogP contribution in [0.1, 0.15) is 5.56 Å². The minimum atomic E-state index is -0.289. The Morgan fingerprint density at radius 3 is 2.68 bits per heavy atom. The summed E-state index contributed by atoms with van der Waals surface area (Å²) in [6.07, 6.45) is 2.01. The average Bonchev–Trinajstić information content (AvgIpc) is 2.40. The number of Topliss-reactive ketones (excluding diaryl/α,β-unsaturated/α-hetero) is 1. The lowest BCUT2D eigenvalue weighted by molar-refractivity contribution is -0.116. The van der Waals surface area contributed by atoms with Gasteiger partial charge in [0.25, 0.3) is 0 Å². The van der Waals surface area contributed by atoms with Gasteiger partial charge >= 0.3 is 0 Å². The van der Waals surface area contributed by atoms with Gasteiger partial charge in [-0.15, -0.1) is 0 Å². The Labute approximate surface area is 123 Å². The number of hydrogen-bond acceptors (Lipinski definition) is 3. The van der Waals surface area contributed by atoms with Crippen molar-refractivity contribution in [3.8, 4) is 0 Å². The molecule has 0 bridgehead atoms. The first kappa shape index (κ1) is 14.2. The average molecular weight is 340 g/mol. The summed E-state index contributed by atoms with van der Waals surface area (Å²) < 4.78 is 13.6. The van der Waals surface area contributed by atoms with Crippen molar-refractivity contribution in [2.24, 2.45) is 0 Å². The number of ketones is 1. The van der Waals surface area contributed by atoms with Gasteiger partial charge in [-0.3, -0.25) is 4.79 Å². The molecule has 2 nitrogen and oxygen atoms in total. The lowest BCUT2D eigenvalue weighted by Gasteiger charge is -2.03. The molecule has 0 unspecified atom stereocenters. The number of rotatable bonds is 5. The van der Waals surface area contributed by atoms with Crippen LogP contribution in [0.3, 0.4) is 0 Å². The minimum Gasteiger partial charge on any atom is -0.298 e. The Hall–Kier alpha value is -1.20. The molecule has 0 spiro atoms. The molecule has 0 saturated heterocycles. The van der Waals surface area contributed by atoms with Gasteiger partial charge in [-0.1, -0.05) is 23.9 Å². The van der Waals surface area contributed by atoms with Gasteiger partial charge in [0.15, 0.2) is 0 Å². The molecule has 2 aromatic rings. The van der Waals surface area contributed by atoms with Crippen LogP contribution in [0.15, 0.2) is 52.1 Å². The van der Waals surface area contributed by atoms with E-state index < -0.39 is 0 Å². The Morgan fingerprint density at radius 1 is 1.26 bits per heavy atom. The summed E-state index contributed by atoms with van der Waals surface area (Å²) in [6, 6.07) is 9.72. The number of carbonyl (C=O) groups excluding carboxylic acids is 1. The molecular formula is C14H11BrFNOS. The summed E-state index contributed by atoms with van der Waals surface area (Å²) in [5, 5.41) is 0.801. The monoisotopic (exact) mass is 339 g/mol. The maximum atomic E-state index is 12.7. The standard InChI is InChI=1S/C14H11BrFNOS/c15-13-2-1-7-17-14(13)19-9-12(18)8-10-3-5-11(16)6-4-10/h1-7H,8-9H2. The van der Waals surface area contributed by atoms with Gasteiger partial charge in [0.2, 0.25) is 0 Å². The molecule has 0 radical (unpaired) electrons. The summed E-state index contributed by atoms with van der Waals surface area (Å²) in [4.78, 5) is 16.0. The molecule has 19 heavy (non-hydrogen) atoms. The van der Waals surface area contributed by atoms with Crippen LogP contribution in [0.4, 0.5) is 4.39 Å². The van der Waals surface area contributed by atoms with Crippen molar-refractivity contribution in [3.05, 3.63) is 58.4 Å². The van der Waals surface area contributed by atoms with Crippen LogP contribution < -0.4 is 0 Å². The zero-order valence-corrected chi connectivity index (χ0v) is 12.4. The third-order valence-corrected chi connectivity index (χ3v) is 4.38. The Morgan fingerprint density at radius 2 is 2.00 bits per heavy atom. The van der Waals surface area contributed by atoms with Gasteiger partial charge in [-0.25, -0.2) is 9.37 Å². The lowest BCUT2D eigenvalue weighted by Crippen LogP contribution is -2.06. The molecule has 0 N–H and O–H groups in total. The highest BCUT2D eigenvalue weighted by Crippen LogP contribution is 2.24. The second-order valence-corrected chi connectivity index (χ2v) is 5.74. The van der Waals surface area contributed by atoms with E-state index in [1.54, 1.807) is 18.3 Å². The third-order valence-electron chi connectivity index (χ3n) is 2.41. The van der Waals surface area contributed by atoms with E-state index in [0.717, 1.165) is 15.1 Å². The summed E-state index contributed by atoms with van der Waals surface area (Å²) in [6.45, 7) is 0. The van der Waals surface area contributed by atoms with Gasteiger partial charge in [-0.05, 0) is 45.8 Å². The SMILES string of the molecule is O=C(CSc1ncccc1Br)Cc1ccc(F)cc1. The van der Waals surface area contributed by atoms with Crippen LogP contribution in [-0.4, -0.2) is 16.5 Å². The number of pyridine rings is 1. The fourth-order valence-electron chi connectivity index (χ4n) is 1.51. The predicted octanol–water partition coefficient (Wildman–Crippen LogP) is 3.89. The maximum Gasteiger partial charge on any atom is 0.147 e. The molecule has 5 heteroatoms. The van der Waals surface area contributed by atoms with E-state index in [4.69, 9.17) is 0 Å². The van der Waals surface area contributed by atoms with E-state index in [1.165, 1.54) is 23.9 Å². The molecule has 2 rings (SSSR count). The van der Waals surface area contributed by atoms with Crippen LogP contribution >= 0.6 is 27.7 Å². The zero-order chi connectivity index (χ0) is 13.7. The fraction of sp³-hybridized carbons (Fsp3) is 0.143. The first-order valence-electron chi connectivity index (χ1n) is 5.64. The molecule has 0 aliphatic rings. The molecule has 0 aliphatic carbocycles. The summed E-state index contributed by atoms with van der Waals surface area (Å²) in [7, 11) is 0. The molecule has 0 atom stereocenters. The maximum absolute atomic E-state index is 12.7. The second-order valence-electron chi connectivity index (χ2n) is 3.92. The molecule has 98 valence electrons. The number of carbonyl (C=O) groups is 1. The molecule has 1 aromatic carbocycles. The van der Waals surface area contributed by atoms with Crippen molar-refractivity contribution in [1.29, 1.82) is 0 Å². The molecular weight excluding hydrogens is 329 g/mol. The number of aromatic nitrogens is 1. The topological polar surface area (TPSA) is 30.0 Å². The van der Waals surface area contributed by atoms with Crippen LogP contribution in [0.5, 0.6) is 0 Å². The normalized spacial score (nSPS) is 10.4. The first-order valence-corrected chi connectivity index (χ1v) is 7.42. The number of benzene rings is 1. The van der Waals surface area contributed by atoms with Gasteiger partial charge in [-0.2, -0.15) is 0 Å². The van der Waals surface area contributed by atoms with Crippen molar-refractivity contribution in [2.45, 2.75) is 11.4 Å². The molecule has 0 aliphatic heterocycles. The molecule has 0 amide bonds. The molecule has 0 fully saturated rings. The van der Waals surface area contributed by atoms with E-state index in [-0.39, 0.29) is 11.6 Å². The smallest absolute Gasteiger partial charge is 0.147 e. The summed E-state index contributed by atoms with van der Waals surface area (Å²) in [5.41, 5.74) is 0.826. The largest absolute Gasteiger partial charge is 0.298 e. The van der Waals surface area contributed by atoms with Gasteiger partial charge in [0.1, 0.15) is 16.6 Å². The van der Waals surface area contributed by atoms with Gasteiger partial charge in [0.05, 0.1) is 5.75 Å². The van der Waals surface area contributed by atoms with Crippen LogP contribution in [0.2, 0.25) is 0 Å². The van der Waals surface area contributed by atoms with E-state index in [9.17, 15) is 9.18 Å². The van der Waals surface area contributed by atoms with Gasteiger partial charge < -0.3 is 0 Å². The van der Waals surface area contributed by atoms with Crippen LogP contribution in [0.25, 0.3) is 0 Å². The fourth-order valence-corrected chi connectivity index (χ4v) is 2.85. The van der Waals surface area contributed by atoms with E-state index in [1.807, 2.05) is 12.1 Å². The summed E-state index contributed by atoms with van der Waals surface area (Å²) in [5.74, 6) is 0.157. The minimum absolute atomic E-state index is 0.0918. The zero-order valence-electron chi connectivity index (χ0n) is 9.98. The number of hydrogen-bond donors (Lipinski definition) is 0. The Kier molecular flexibility index (Phi) is 5.10. The third kappa shape index (κ3) is 4.44. The molecule has 0 saturated carbocycles. The van der Waals surface area contributed by atoms with E-state index in [2.05, 4.69) is 20.9 Å². The van der Waals surface area contributed by atoms with Crippen molar-refractivity contribution in [1.82, 2.24) is 4.98 Å². The van der Waals surface area contributed by atoms with Crippen molar-refractivity contribution < 1.29 is 9.18 Å². The van der Waals surface area contributed by atoms with Crippen molar-refractivity contribution >= 4 is 33.5 Å². The summed E-state index contributed by atoms with van der Waals surface area (Å²) >= 11 is 4.78. The second kappa shape index (κ2) is 6.82. The van der Waals surface area contributed by atoms with Crippen molar-refractivity contribution in [2.75, 3.05) is 5.75 Å². The first-order chi connectivity index (χ1) is 9.15. The predicted molar refractivity (Wildman–Crippen MR) is 77.8 cm³/mol. The van der Waals surface area contributed by atoms with Crippen molar-refractivity contribution in [3.63, 3.8) is 0 Å². The number of nitrogens with zero attached hydrogens (tertiary/aromatic N) is 1. The Bertz CT molecular complexity index is 574. The Balaban J connectivity index is 1.88. The highest BCUT2D eigenvalue weighted by Gasteiger charge is 2.07. The molecule has 1 heterocycles. The van der Waals surface area contributed by atoms with Crippen LogP contribution in [0, 0.1) is 5.82 Å².